The summed E-state index contributed by atoms with van der Waals surface area (Å²) < 4.78 is 27.0. The second kappa shape index (κ2) is 6.66. The number of hydrogen-bond donors (Lipinski definition) is 1. The van der Waals surface area contributed by atoms with E-state index in [0.29, 0.717) is 17.8 Å². The Morgan fingerprint density at radius 3 is 2.67 bits per heavy atom. The molecule has 8 nitrogen and oxygen atoms in total. The van der Waals surface area contributed by atoms with Gasteiger partial charge in [-0.25, -0.2) is 18.1 Å². The van der Waals surface area contributed by atoms with Crippen molar-refractivity contribution in [2.24, 2.45) is 0 Å². The lowest BCUT2D eigenvalue weighted by atomic mass is 10.2. The highest BCUT2D eigenvalue weighted by Gasteiger charge is 2.31. The van der Waals surface area contributed by atoms with Crippen molar-refractivity contribution >= 4 is 21.6 Å². The van der Waals surface area contributed by atoms with E-state index >= 15 is 0 Å². The molecule has 1 aromatic carbocycles. The van der Waals surface area contributed by atoms with Crippen LogP contribution >= 0.6 is 0 Å². The number of anilines is 1. The smallest absolute Gasteiger partial charge is 0.256 e. The van der Waals surface area contributed by atoms with Crippen molar-refractivity contribution in [1.29, 1.82) is 0 Å². The number of sulfone groups is 1. The van der Waals surface area contributed by atoms with Crippen molar-refractivity contribution in [3.05, 3.63) is 60.3 Å². The van der Waals surface area contributed by atoms with Crippen molar-refractivity contribution in [2.45, 2.75) is 19.4 Å². The molecule has 27 heavy (non-hydrogen) atoms. The lowest BCUT2D eigenvalue weighted by Crippen LogP contribution is -2.19. The van der Waals surface area contributed by atoms with E-state index in [2.05, 4.69) is 15.4 Å². The largest absolute Gasteiger partial charge is 0.307 e. The summed E-state index contributed by atoms with van der Waals surface area (Å²) >= 11 is 0. The Balaban J connectivity index is 1.53. The van der Waals surface area contributed by atoms with Crippen LogP contribution in [-0.4, -0.2) is 45.2 Å². The summed E-state index contributed by atoms with van der Waals surface area (Å²) in [5.41, 5.74) is 2.13. The average Bonchev–Trinajstić information content (AvgIpc) is 3.35. The van der Waals surface area contributed by atoms with Gasteiger partial charge >= 0.3 is 0 Å². The minimum atomic E-state index is -3.04. The van der Waals surface area contributed by atoms with Crippen LogP contribution < -0.4 is 5.32 Å². The molecular formula is C18H19N5O3S. The lowest BCUT2D eigenvalue weighted by molar-refractivity contribution is 0.102. The van der Waals surface area contributed by atoms with Gasteiger partial charge in [0, 0.05) is 29.7 Å². The first kappa shape index (κ1) is 17.5. The zero-order valence-electron chi connectivity index (χ0n) is 14.7. The van der Waals surface area contributed by atoms with E-state index < -0.39 is 9.84 Å². The molecule has 1 saturated heterocycles. The third-order valence-electron chi connectivity index (χ3n) is 4.59. The summed E-state index contributed by atoms with van der Waals surface area (Å²) in [6.07, 6.45) is 5.71. The van der Waals surface area contributed by atoms with Crippen molar-refractivity contribution in [1.82, 2.24) is 19.3 Å². The number of nitrogens with one attached hydrogen (secondary N) is 1. The molecule has 0 radical (unpaired) electrons. The zero-order chi connectivity index (χ0) is 19.0. The summed E-state index contributed by atoms with van der Waals surface area (Å²) in [4.78, 5) is 16.6. The van der Waals surface area contributed by atoms with Crippen LogP contribution in [0.4, 0.5) is 5.82 Å². The number of benzene rings is 1. The predicted molar refractivity (Wildman–Crippen MR) is 101 cm³/mol. The molecule has 1 unspecified atom stereocenters. The highest BCUT2D eigenvalue weighted by molar-refractivity contribution is 7.91. The van der Waals surface area contributed by atoms with Gasteiger partial charge in [0.25, 0.3) is 5.91 Å². The number of nitrogens with zero attached hydrogens (tertiary/aromatic N) is 4. The third-order valence-corrected chi connectivity index (χ3v) is 6.34. The maximum atomic E-state index is 12.6. The molecule has 0 spiro atoms. The van der Waals surface area contributed by atoms with E-state index in [0.717, 1.165) is 11.4 Å². The Labute approximate surface area is 156 Å². The van der Waals surface area contributed by atoms with Crippen LogP contribution in [0, 0.1) is 6.92 Å². The van der Waals surface area contributed by atoms with Gasteiger partial charge in [0.1, 0.15) is 5.82 Å². The van der Waals surface area contributed by atoms with Crippen LogP contribution in [0.1, 0.15) is 28.5 Å². The Kier molecular flexibility index (Phi) is 4.31. The summed E-state index contributed by atoms with van der Waals surface area (Å²) in [5.74, 6) is 0.448. The normalized spacial score (nSPS) is 18.5. The standard InChI is InChI=1S/C18H19N5O3S/c1-13-10-17(23(21-13)16-6-9-27(25,26)11-16)20-18(24)14-2-4-15(5-3-14)22-8-7-19-12-22/h2-5,7-8,10,12,16H,6,9,11H2,1H3,(H,20,24). The SMILES string of the molecule is Cc1cc(NC(=O)c2ccc(-n3ccnc3)cc2)n(C2CCS(=O)(=O)C2)n1. The molecule has 3 heterocycles. The highest BCUT2D eigenvalue weighted by Crippen LogP contribution is 2.27. The van der Waals surface area contributed by atoms with E-state index in [1.54, 1.807) is 35.4 Å². The molecule has 0 aliphatic carbocycles. The van der Waals surface area contributed by atoms with Crippen molar-refractivity contribution < 1.29 is 13.2 Å². The number of rotatable bonds is 4. The zero-order valence-corrected chi connectivity index (χ0v) is 15.6. The van der Waals surface area contributed by atoms with Crippen LogP contribution in [0.25, 0.3) is 5.69 Å². The maximum absolute atomic E-state index is 12.6. The predicted octanol–water partition coefficient (Wildman–Crippen LogP) is 1.99. The molecule has 1 atom stereocenters. The molecule has 1 N–H and O–H groups in total. The second-order valence-electron chi connectivity index (χ2n) is 6.64. The summed E-state index contributed by atoms with van der Waals surface area (Å²) in [6.45, 7) is 1.82. The first-order valence-electron chi connectivity index (χ1n) is 8.58. The van der Waals surface area contributed by atoms with E-state index in [1.807, 2.05) is 29.8 Å². The first-order valence-corrected chi connectivity index (χ1v) is 10.4. The highest BCUT2D eigenvalue weighted by atomic mass is 32.2. The average molecular weight is 385 g/mol. The van der Waals surface area contributed by atoms with Crippen LogP contribution in [0.5, 0.6) is 0 Å². The molecule has 1 fully saturated rings. The monoisotopic (exact) mass is 385 g/mol. The van der Waals surface area contributed by atoms with Crippen LogP contribution in [-0.2, 0) is 9.84 Å². The van der Waals surface area contributed by atoms with Crippen LogP contribution in [0.3, 0.4) is 0 Å². The topological polar surface area (TPSA) is 98.9 Å². The number of carbonyl (C=O) groups is 1. The molecular weight excluding hydrogens is 366 g/mol. The number of imidazole rings is 1. The van der Waals surface area contributed by atoms with E-state index in [4.69, 9.17) is 0 Å². The van der Waals surface area contributed by atoms with Gasteiger partial charge in [-0.05, 0) is 37.6 Å². The second-order valence-corrected chi connectivity index (χ2v) is 8.87. The van der Waals surface area contributed by atoms with E-state index in [9.17, 15) is 13.2 Å². The van der Waals surface area contributed by atoms with Crippen molar-refractivity contribution in [3.8, 4) is 5.69 Å². The number of aromatic nitrogens is 4. The van der Waals surface area contributed by atoms with Gasteiger partial charge in [0.15, 0.2) is 9.84 Å². The molecule has 140 valence electrons. The fraction of sp³-hybridized carbons (Fsp3) is 0.278. The van der Waals surface area contributed by atoms with Gasteiger partial charge < -0.3 is 9.88 Å². The Bertz CT molecular complexity index is 1070. The Hall–Kier alpha value is -2.94. The van der Waals surface area contributed by atoms with Gasteiger partial charge in [-0.3, -0.25) is 4.79 Å². The summed E-state index contributed by atoms with van der Waals surface area (Å²) in [5, 5.41) is 7.23. The number of aryl methyl sites for hydroxylation is 1. The molecule has 9 heteroatoms. The molecule has 1 aliphatic rings. The molecule has 3 aromatic rings. The third kappa shape index (κ3) is 3.63. The molecule has 1 aliphatic heterocycles. The minimum absolute atomic E-state index is 0.0522. The van der Waals surface area contributed by atoms with Gasteiger partial charge in [-0.15, -0.1) is 0 Å². The lowest BCUT2D eigenvalue weighted by Gasteiger charge is -2.14. The van der Waals surface area contributed by atoms with Crippen LogP contribution in [0.2, 0.25) is 0 Å². The molecule has 1 amide bonds. The number of carbonyl (C=O) groups excluding carboxylic acids is 1. The van der Waals surface area contributed by atoms with Gasteiger partial charge in [-0.1, -0.05) is 0 Å². The molecule has 0 bridgehead atoms. The Morgan fingerprint density at radius 1 is 1.26 bits per heavy atom. The van der Waals surface area contributed by atoms with E-state index in [1.165, 1.54) is 0 Å². The first-order chi connectivity index (χ1) is 12.9. The maximum Gasteiger partial charge on any atom is 0.256 e. The Morgan fingerprint density at radius 2 is 2.04 bits per heavy atom. The van der Waals surface area contributed by atoms with Gasteiger partial charge in [0.2, 0.25) is 0 Å². The minimum Gasteiger partial charge on any atom is -0.307 e. The molecule has 4 rings (SSSR count). The van der Waals surface area contributed by atoms with Gasteiger partial charge in [0.05, 0.1) is 29.6 Å². The fourth-order valence-corrected chi connectivity index (χ4v) is 4.93. The quantitative estimate of drug-likeness (QED) is 0.740. The molecule has 0 saturated carbocycles. The van der Waals surface area contributed by atoms with Crippen LogP contribution in [0.15, 0.2) is 49.1 Å². The van der Waals surface area contributed by atoms with E-state index in [-0.39, 0.29) is 23.5 Å². The summed E-state index contributed by atoms with van der Waals surface area (Å²) in [6, 6.07) is 8.65. The molecule has 2 aromatic heterocycles. The fourth-order valence-electron chi connectivity index (χ4n) is 3.24. The van der Waals surface area contributed by atoms with Gasteiger partial charge in [-0.2, -0.15) is 5.10 Å². The number of amides is 1. The van der Waals surface area contributed by atoms with Crippen molar-refractivity contribution in [3.63, 3.8) is 0 Å². The van der Waals surface area contributed by atoms with Crippen molar-refractivity contribution in [2.75, 3.05) is 16.8 Å². The summed E-state index contributed by atoms with van der Waals surface area (Å²) in [7, 11) is -3.04. The number of hydrogen-bond acceptors (Lipinski definition) is 5.